The summed E-state index contributed by atoms with van der Waals surface area (Å²) in [6.45, 7) is 3.33. The normalized spacial score (nSPS) is 24.6. The van der Waals surface area contributed by atoms with Gasteiger partial charge in [-0.25, -0.2) is 0 Å². The largest absolute Gasteiger partial charge is 0.348 e. The molecule has 3 heteroatoms. The third-order valence-corrected chi connectivity index (χ3v) is 1.50. The lowest BCUT2D eigenvalue weighted by Crippen LogP contribution is -2.24. The van der Waals surface area contributed by atoms with Gasteiger partial charge in [0.25, 0.3) is 0 Å². The predicted molar refractivity (Wildman–Crippen MR) is 35.5 cm³/mol. The molecule has 0 bridgehead atoms. The standard InChI is InChI=1S/C6H11BO2/c1-6(2-3-7)8-4-5-9-6/h2-5H2,1H3. The van der Waals surface area contributed by atoms with Crippen molar-refractivity contribution in [3.8, 4) is 0 Å². The van der Waals surface area contributed by atoms with Crippen LogP contribution in [0.3, 0.4) is 0 Å². The van der Waals surface area contributed by atoms with Crippen LogP contribution in [0.25, 0.3) is 0 Å². The summed E-state index contributed by atoms with van der Waals surface area (Å²) in [6.07, 6.45) is 1.41. The number of rotatable bonds is 2. The Hall–Kier alpha value is -0.0151. The lowest BCUT2D eigenvalue weighted by atomic mass is 9.98. The van der Waals surface area contributed by atoms with E-state index in [0.717, 1.165) is 6.42 Å². The fourth-order valence-corrected chi connectivity index (χ4v) is 0.963. The van der Waals surface area contributed by atoms with Crippen molar-refractivity contribution in [1.29, 1.82) is 0 Å². The van der Waals surface area contributed by atoms with Gasteiger partial charge in [-0.05, 0) is 13.3 Å². The Morgan fingerprint density at radius 2 is 2.00 bits per heavy atom. The maximum Gasteiger partial charge on any atom is 0.165 e. The zero-order chi connectivity index (χ0) is 6.74. The topological polar surface area (TPSA) is 18.5 Å². The second-order valence-electron chi connectivity index (χ2n) is 2.37. The summed E-state index contributed by atoms with van der Waals surface area (Å²) in [5, 5.41) is 0. The van der Waals surface area contributed by atoms with Crippen LogP contribution >= 0.6 is 0 Å². The Labute approximate surface area is 56.9 Å². The molecule has 0 amide bonds. The fraction of sp³-hybridized carbons (Fsp3) is 1.00. The summed E-state index contributed by atoms with van der Waals surface area (Å²) in [4.78, 5) is 0. The fourth-order valence-electron chi connectivity index (χ4n) is 0.963. The van der Waals surface area contributed by atoms with Crippen molar-refractivity contribution < 1.29 is 9.47 Å². The second kappa shape index (κ2) is 2.71. The maximum atomic E-state index is 5.33. The van der Waals surface area contributed by atoms with Crippen molar-refractivity contribution in [3.63, 3.8) is 0 Å². The minimum Gasteiger partial charge on any atom is -0.348 e. The molecule has 0 aromatic carbocycles. The van der Waals surface area contributed by atoms with Crippen molar-refractivity contribution in [2.75, 3.05) is 13.2 Å². The molecular weight excluding hydrogens is 115 g/mol. The monoisotopic (exact) mass is 126 g/mol. The molecule has 0 aromatic heterocycles. The highest BCUT2D eigenvalue weighted by Gasteiger charge is 2.28. The van der Waals surface area contributed by atoms with E-state index in [-0.39, 0.29) is 5.79 Å². The van der Waals surface area contributed by atoms with Gasteiger partial charge in [-0.3, -0.25) is 0 Å². The first-order valence-corrected chi connectivity index (χ1v) is 3.25. The van der Waals surface area contributed by atoms with E-state index in [1.807, 2.05) is 6.92 Å². The van der Waals surface area contributed by atoms with Crippen LogP contribution in [0.2, 0.25) is 6.32 Å². The molecule has 0 N–H and O–H groups in total. The average Bonchev–Trinajstić information content (AvgIpc) is 2.16. The van der Waals surface area contributed by atoms with Crippen LogP contribution in [0.1, 0.15) is 13.3 Å². The van der Waals surface area contributed by atoms with Crippen LogP contribution in [0.5, 0.6) is 0 Å². The molecule has 1 aliphatic heterocycles. The molecular formula is C6H11BO2. The highest BCUT2D eigenvalue weighted by atomic mass is 16.7. The van der Waals surface area contributed by atoms with Gasteiger partial charge in [0.1, 0.15) is 0 Å². The summed E-state index contributed by atoms with van der Waals surface area (Å²) >= 11 is 0. The van der Waals surface area contributed by atoms with Crippen molar-refractivity contribution in [2.45, 2.75) is 25.5 Å². The zero-order valence-corrected chi connectivity index (χ0v) is 5.72. The van der Waals surface area contributed by atoms with Gasteiger partial charge >= 0.3 is 0 Å². The number of hydrogen-bond donors (Lipinski definition) is 0. The highest BCUT2D eigenvalue weighted by molar-refractivity contribution is 6.08. The van der Waals surface area contributed by atoms with E-state index in [0.29, 0.717) is 19.5 Å². The lowest BCUT2D eigenvalue weighted by Gasteiger charge is -2.20. The van der Waals surface area contributed by atoms with E-state index in [4.69, 9.17) is 17.3 Å². The Balaban J connectivity index is 2.32. The van der Waals surface area contributed by atoms with Gasteiger partial charge in [0.2, 0.25) is 0 Å². The smallest absolute Gasteiger partial charge is 0.165 e. The summed E-state index contributed by atoms with van der Waals surface area (Å²) in [5.74, 6) is -0.380. The van der Waals surface area contributed by atoms with E-state index >= 15 is 0 Å². The van der Waals surface area contributed by atoms with E-state index in [9.17, 15) is 0 Å². The molecule has 1 rings (SSSR count). The first kappa shape index (κ1) is 7.10. The van der Waals surface area contributed by atoms with Gasteiger partial charge in [0.15, 0.2) is 5.79 Å². The Kier molecular flexibility index (Phi) is 2.14. The van der Waals surface area contributed by atoms with Crippen LogP contribution in [-0.4, -0.2) is 26.8 Å². The summed E-state index contributed by atoms with van der Waals surface area (Å²) in [6, 6.07) is 0. The third kappa shape index (κ3) is 1.70. The first-order valence-electron chi connectivity index (χ1n) is 3.25. The van der Waals surface area contributed by atoms with E-state index in [2.05, 4.69) is 0 Å². The van der Waals surface area contributed by atoms with Gasteiger partial charge in [0.05, 0.1) is 21.1 Å². The van der Waals surface area contributed by atoms with Crippen LogP contribution in [0.4, 0.5) is 0 Å². The molecule has 0 aromatic rings. The number of ether oxygens (including phenoxy) is 2. The van der Waals surface area contributed by atoms with Crippen molar-refractivity contribution in [2.24, 2.45) is 0 Å². The minimum absolute atomic E-state index is 0.380. The van der Waals surface area contributed by atoms with Crippen LogP contribution in [0.15, 0.2) is 0 Å². The van der Waals surface area contributed by atoms with Crippen molar-refractivity contribution in [3.05, 3.63) is 0 Å². The lowest BCUT2D eigenvalue weighted by molar-refractivity contribution is -0.143. The molecule has 1 heterocycles. The Bertz CT molecular complexity index is 89.1. The molecule has 0 aliphatic carbocycles. The third-order valence-electron chi connectivity index (χ3n) is 1.50. The summed E-state index contributed by atoms with van der Waals surface area (Å²) < 4.78 is 10.6. The molecule has 0 spiro atoms. The van der Waals surface area contributed by atoms with Crippen molar-refractivity contribution >= 4 is 7.85 Å². The molecule has 9 heavy (non-hydrogen) atoms. The molecule has 50 valence electrons. The zero-order valence-electron chi connectivity index (χ0n) is 5.72. The second-order valence-corrected chi connectivity index (χ2v) is 2.37. The molecule has 1 aliphatic rings. The molecule has 2 radical (unpaired) electrons. The molecule has 0 unspecified atom stereocenters. The van der Waals surface area contributed by atoms with Gasteiger partial charge in [0, 0.05) is 0 Å². The highest BCUT2D eigenvalue weighted by Crippen LogP contribution is 2.23. The Morgan fingerprint density at radius 3 is 2.44 bits per heavy atom. The van der Waals surface area contributed by atoms with Crippen LogP contribution in [0, 0.1) is 0 Å². The molecule has 1 saturated heterocycles. The van der Waals surface area contributed by atoms with E-state index < -0.39 is 0 Å². The van der Waals surface area contributed by atoms with Crippen LogP contribution in [-0.2, 0) is 9.47 Å². The number of hydrogen-bond acceptors (Lipinski definition) is 2. The Morgan fingerprint density at radius 1 is 1.44 bits per heavy atom. The summed E-state index contributed by atoms with van der Waals surface area (Å²) in [5.41, 5.74) is 0. The van der Waals surface area contributed by atoms with Gasteiger partial charge < -0.3 is 9.47 Å². The molecule has 0 atom stereocenters. The molecule has 2 nitrogen and oxygen atoms in total. The quantitative estimate of drug-likeness (QED) is 0.507. The summed E-state index contributed by atoms with van der Waals surface area (Å²) in [7, 11) is 5.33. The minimum atomic E-state index is -0.380. The van der Waals surface area contributed by atoms with Gasteiger partial charge in [-0.2, -0.15) is 0 Å². The van der Waals surface area contributed by atoms with E-state index in [1.54, 1.807) is 0 Å². The molecule has 0 saturated carbocycles. The maximum absolute atomic E-state index is 5.33. The first-order chi connectivity index (χ1) is 4.27. The van der Waals surface area contributed by atoms with Crippen LogP contribution < -0.4 is 0 Å². The van der Waals surface area contributed by atoms with Gasteiger partial charge in [-0.15, -0.1) is 0 Å². The molecule has 1 fully saturated rings. The SMILES string of the molecule is [B]CCC1(C)OCCO1. The van der Waals surface area contributed by atoms with E-state index in [1.165, 1.54) is 0 Å². The predicted octanol–water partition coefficient (Wildman–Crippen LogP) is 0.726. The van der Waals surface area contributed by atoms with Crippen molar-refractivity contribution in [1.82, 2.24) is 0 Å². The van der Waals surface area contributed by atoms with Gasteiger partial charge in [-0.1, -0.05) is 6.32 Å². The average molecular weight is 126 g/mol.